The van der Waals surface area contributed by atoms with Crippen molar-refractivity contribution in [2.75, 3.05) is 26.1 Å². The van der Waals surface area contributed by atoms with E-state index in [0.717, 1.165) is 22.7 Å². The second-order valence-electron chi connectivity index (χ2n) is 7.00. The van der Waals surface area contributed by atoms with Gasteiger partial charge in [0.05, 0.1) is 36.8 Å². The van der Waals surface area contributed by atoms with Gasteiger partial charge in [0.2, 0.25) is 0 Å². The molecular weight excluding hydrogens is 420 g/mol. The summed E-state index contributed by atoms with van der Waals surface area (Å²) in [4.78, 5) is 34.5. The molecule has 1 aliphatic heterocycles. The first-order chi connectivity index (χ1) is 15.0. The number of imidazole rings is 1. The number of amides is 2. The summed E-state index contributed by atoms with van der Waals surface area (Å²) in [6, 6.07) is 11.6. The van der Waals surface area contributed by atoms with Crippen LogP contribution >= 0.6 is 11.6 Å². The van der Waals surface area contributed by atoms with Gasteiger partial charge in [0, 0.05) is 24.3 Å². The first kappa shape index (κ1) is 20.7. The Morgan fingerprint density at radius 1 is 1.19 bits per heavy atom. The number of carbonyl (C=O) groups is 2. The van der Waals surface area contributed by atoms with Gasteiger partial charge >= 0.3 is 12.0 Å². The van der Waals surface area contributed by atoms with Crippen molar-refractivity contribution >= 4 is 29.3 Å². The summed E-state index contributed by atoms with van der Waals surface area (Å²) in [5, 5.41) is 3.11. The van der Waals surface area contributed by atoms with E-state index in [0.29, 0.717) is 18.7 Å². The van der Waals surface area contributed by atoms with E-state index in [1.807, 2.05) is 24.3 Å². The largest absolute Gasteiger partial charge is 0.497 e. The standard InChI is InChI=1S/C22H21ClN4O4/c1-30-15-6-3-13(4-7-15)20-19-18(24-12-25-19)9-10-27(20)22(29)26-14-5-8-17(23)16(11-14)21(28)31-2/h3-8,11-12,20H,9-10H2,1-2H3,(H,24,25)(H,26,29). The smallest absolute Gasteiger partial charge is 0.339 e. The molecule has 0 radical (unpaired) electrons. The lowest BCUT2D eigenvalue weighted by molar-refractivity contribution is 0.0601. The highest BCUT2D eigenvalue weighted by Crippen LogP contribution is 2.34. The van der Waals surface area contributed by atoms with Crippen LogP contribution in [0.5, 0.6) is 5.75 Å². The fourth-order valence-electron chi connectivity index (χ4n) is 3.68. The zero-order valence-corrected chi connectivity index (χ0v) is 17.8. The Morgan fingerprint density at radius 2 is 1.97 bits per heavy atom. The molecule has 31 heavy (non-hydrogen) atoms. The molecule has 2 N–H and O–H groups in total. The van der Waals surface area contributed by atoms with Crippen molar-refractivity contribution in [1.29, 1.82) is 0 Å². The Labute approximate surface area is 184 Å². The second-order valence-corrected chi connectivity index (χ2v) is 7.41. The van der Waals surface area contributed by atoms with Gasteiger partial charge in [-0.15, -0.1) is 0 Å². The summed E-state index contributed by atoms with van der Waals surface area (Å²) in [7, 11) is 2.88. The first-order valence-corrected chi connectivity index (χ1v) is 10.0. The topological polar surface area (TPSA) is 96.6 Å². The molecule has 160 valence electrons. The molecule has 1 aromatic heterocycles. The summed E-state index contributed by atoms with van der Waals surface area (Å²) in [5.74, 6) is 0.158. The number of H-pyrrole nitrogens is 1. The minimum atomic E-state index is -0.573. The van der Waals surface area contributed by atoms with Crippen LogP contribution in [0.3, 0.4) is 0 Å². The van der Waals surface area contributed by atoms with Gasteiger partial charge in [-0.1, -0.05) is 23.7 Å². The molecule has 0 saturated carbocycles. The number of hydrogen-bond donors (Lipinski definition) is 2. The summed E-state index contributed by atoms with van der Waals surface area (Å²) in [6.45, 7) is 0.495. The fraction of sp³-hybridized carbons (Fsp3) is 0.227. The SMILES string of the molecule is COC(=O)c1cc(NC(=O)N2CCc3[nH]cnc3C2c2ccc(OC)cc2)ccc1Cl. The third kappa shape index (κ3) is 4.06. The van der Waals surface area contributed by atoms with Crippen molar-refractivity contribution in [3.05, 3.63) is 76.3 Å². The Morgan fingerprint density at radius 3 is 2.68 bits per heavy atom. The number of hydrogen-bond acceptors (Lipinski definition) is 5. The van der Waals surface area contributed by atoms with Gasteiger partial charge in [0.15, 0.2) is 0 Å². The summed E-state index contributed by atoms with van der Waals surface area (Å²) in [6.07, 6.45) is 2.30. The number of ether oxygens (including phenoxy) is 2. The van der Waals surface area contributed by atoms with Crippen molar-refractivity contribution in [2.24, 2.45) is 0 Å². The Bertz CT molecular complexity index is 1110. The number of aromatic amines is 1. The lowest BCUT2D eigenvalue weighted by Gasteiger charge is -2.35. The van der Waals surface area contributed by atoms with Crippen molar-refractivity contribution < 1.29 is 19.1 Å². The summed E-state index contributed by atoms with van der Waals surface area (Å²) < 4.78 is 10.00. The molecule has 1 unspecified atom stereocenters. The number of nitrogens with one attached hydrogen (secondary N) is 2. The van der Waals surface area contributed by atoms with Crippen molar-refractivity contribution in [3.8, 4) is 5.75 Å². The third-order valence-electron chi connectivity index (χ3n) is 5.24. The van der Waals surface area contributed by atoms with Crippen LogP contribution in [0.2, 0.25) is 5.02 Å². The average Bonchev–Trinajstić information content (AvgIpc) is 3.28. The van der Waals surface area contributed by atoms with Crippen LogP contribution in [-0.4, -0.2) is 47.6 Å². The molecular formula is C22H21ClN4O4. The lowest BCUT2D eigenvalue weighted by atomic mass is 9.96. The van der Waals surface area contributed by atoms with Crippen LogP contribution in [0.1, 0.15) is 33.4 Å². The quantitative estimate of drug-likeness (QED) is 0.597. The Balaban J connectivity index is 1.64. The molecule has 0 aliphatic carbocycles. The molecule has 8 nitrogen and oxygen atoms in total. The Hall–Kier alpha value is -3.52. The van der Waals surface area contributed by atoms with E-state index in [-0.39, 0.29) is 22.7 Å². The second kappa shape index (κ2) is 8.69. The number of fused-ring (bicyclic) bond motifs is 1. The predicted molar refractivity (Wildman–Crippen MR) is 116 cm³/mol. The fourth-order valence-corrected chi connectivity index (χ4v) is 3.88. The molecule has 2 heterocycles. The number of nitrogens with zero attached hydrogens (tertiary/aromatic N) is 2. The molecule has 9 heteroatoms. The van der Waals surface area contributed by atoms with Crippen molar-refractivity contribution in [3.63, 3.8) is 0 Å². The molecule has 3 aromatic rings. The summed E-state index contributed by atoms with van der Waals surface area (Å²) in [5.41, 5.74) is 3.34. The highest BCUT2D eigenvalue weighted by molar-refractivity contribution is 6.33. The lowest BCUT2D eigenvalue weighted by Crippen LogP contribution is -2.43. The van der Waals surface area contributed by atoms with Crippen LogP contribution in [0.25, 0.3) is 0 Å². The van der Waals surface area contributed by atoms with Gasteiger partial charge in [-0.25, -0.2) is 14.6 Å². The van der Waals surface area contributed by atoms with E-state index in [4.69, 9.17) is 21.1 Å². The third-order valence-corrected chi connectivity index (χ3v) is 5.57. The number of halogens is 1. The minimum Gasteiger partial charge on any atom is -0.497 e. The van der Waals surface area contributed by atoms with E-state index in [2.05, 4.69) is 15.3 Å². The van der Waals surface area contributed by atoms with Gasteiger partial charge in [-0.05, 0) is 35.9 Å². The van der Waals surface area contributed by atoms with Crippen molar-refractivity contribution in [1.82, 2.24) is 14.9 Å². The number of methoxy groups -OCH3 is 2. The molecule has 1 atom stereocenters. The first-order valence-electron chi connectivity index (χ1n) is 9.63. The number of rotatable bonds is 4. The van der Waals surface area contributed by atoms with E-state index in [1.165, 1.54) is 13.2 Å². The number of esters is 1. The highest BCUT2D eigenvalue weighted by atomic mass is 35.5. The van der Waals surface area contributed by atoms with E-state index in [1.54, 1.807) is 30.5 Å². The molecule has 2 aromatic carbocycles. The van der Waals surface area contributed by atoms with Crippen LogP contribution < -0.4 is 10.1 Å². The molecule has 0 saturated heterocycles. The zero-order valence-electron chi connectivity index (χ0n) is 17.0. The normalized spacial score (nSPS) is 15.2. The average molecular weight is 441 g/mol. The number of anilines is 1. The number of aromatic nitrogens is 2. The van der Waals surface area contributed by atoms with Gasteiger partial charge in [-0.2, -0.15) is 0 Å². The minimum absolute atomic E-state index is 0.182. The maximum absolute atomic E-state index is 13.2. The number of benzene rings is 2. The molecule has 0 bridgehead atoms. The molecule has 0 fully saturated rings. The highest BCUT2D eigenvalue weighted by Gasteiger charge is 2.34. The van der Waals surface area contributed by atoms with Gasteiger partial charge < -0.3 is 24.7 Å². The number of urea groups is 1. The van der Waals surface area contributed by atoms with Gasteiger partial charge in [0.25, 0.3) is 0 Å². The Kier molecular flexibility index (Phi) is 5.81. The maximum atomic E-state index is 13.2. The van der Waals surface area contributed by atoms with E-state index < -0.39 is 5.97 Å². The van der Waals surface area contributed by atoms with Gasteiger partial charge in [0.1, 0.15) is 11.8 Å². The summed E-state index contributed by atoms with van der Waals surface area (Å²) >= 11 is 6.08. The van der Waals surface area contributed by atoms with Crippen LogP contribution in [0, 0.1) is 0 Å². The molecule has 0 spiro atoms. The van der Waals surface area contributed by atoms with Gasteiger partial charge in [-0.3, -0.25) is 0 Å². The van der Waals surface area contributed by atoms with Crippen molar-refractivity contribution in [2.45, 2.75) is 12.5 Å². The van der Waals surface area contributed by atoms with E-state index in [9.17, 15) is 9.59 Å². The monoisotopic (exact) mass is 440 g/mol. The van der Waals surface area contributed by atoms with E-state index >= 15 is 0 Å². The number of carbonyl (C=O) groups excluding carboxylic acids is 2. The van der Waals surface area contributed by atoms with Crippen LogP contribution in [-0.2, 0) is 11.2 Å². The van der Waals surface area contributed by atoms with Crippen LogP contribution in [0.4, 0.5) is 10.5 Å². The molecule has 4 rings (SSSR count). The predicted octanol–water partition coefficient (Wildman–Crippen LogP) is 4.04. The maximum Gasteiger partial charge on any atom is 0.339 e. The zero-order chi connectivity index (χ0) is 22.0. The molecule has 1 aliphatic rings. The van der Waals surface area contributed by atoms with Crippen LogP contribution in [0.15, 0.2) is 48.8 Å². The molecule has 2 amide bonds.